The Morgan fingerprint density at radius 3 is 2.73 bits per heavy atom. The molecule has 0 fully saturated rings. The molecule has 8 heteroatoms. The van der Waals surface area contributed by atoms with Crippen LogP contribution in [0.25, 0.3) is 27.7 Å². The molecule has 2 aromatic heterocycles. The lowest BCUT2D eigenvalue weighted by molar-refractivity contribution is 0.524. The number of aromatic amines is 1. The Kier molecular flexibility index (Phi) is 3.90. The van der Waals surface area contributed by atoms with Gasteiger partial charge in [0.1, 0.15) is 18.0 Å². The highest BCUT2D eigenvalue weighted by Crippen LogP contribution is 2.46. The number of aryl methyl sites for hydroxylation is 1. The smallest absolute Gasteiger partial charge is 0.162 e. The maximum absolute atomic E-state index is 15.4. The highest BCUT2D eigenvalue weighted by Gasteiger charge is 2.36. The number of aromatic nitrogens is 4. The van der Waals surface area contributed by atoms with Gasteiger partial charge >= 0.3 is 0 Å². The van der Waals surface area contributed by atoms with Crippen molar-refractivity contribution in [3.05, 3.63) is 53.7 Å². The minimum absolute atomic E-state index is 0.363. The predicted molar refractivity (Wildman–Crippen MR) is 114 cm³/mol. The summed E-state index contributed by atoms with van der Waals surface area (Å²) in [4.78, 5) is 3.21. The van der Waals surface area contributed by atoms with E-state index >= 15 is 4.39 Å². The average Bonchev–Trinajstić information content (AvgIpc) is 3.32. The summed E-state index contributed by atoms with van der Waals surface area (Å²) in [6, 6.07) is 4.39. The van der Waals surface area contributed by atoms with Gasteiger partial charge in [-0.15, -0.1) is 10.2 Å². The summed E-state index contributed by atoms with van der Waals surface area (Å²) < 4.78 is 31.8. The van der Waals surface area contributed by atoms with Crippen LogP contribution >= 0.6 is 0 Å². The molecule has 0 unspecified atom stereocenters. The molecule has 0 spiro atoms. The van der Waals surface area contributed by atoms with Gasteiger partial charge in [0.05, 0.1) is 28.1 Å². The molecule has 5 rings (SSSR count). The predicted octanol–water partition coefficient (Wildman–Crippen LogP) is 5.09. The van der Waals surface area contributed by atoms with E-state index in [4.69, 9.17) is 0 Å². The summed E-state index contributed by atoms with van der Waals surface area (Å²) in [7, 11) is 0. The van der Waals surface area contributed by atoms with Gasteiger partial charge in [0, 0.05) is 29.3 Å². The third-order valence-corrected chi connectivity index (χ3v) is 5.64. The molecule has 0 aliphatic carbocycles. The average molecular weight is 408 g/mol. The monoisotopic (exact) mass is 408 g/mol. The summed E-state index contributed by atoms with van der Waals surface area (Å²) >= 11 is 0. The van der Waals surface area contributed by atoms with Crippen LogP contribution < -0.4 is 10.6 Å². The fraction of sp³-hybridized carbons (Fsp3) is 0.273. The SMILES string of the molecule is CCNc1c(-c2cc(F)cc3c(C)c[nH]c23)cc(F)c2c1-n1cnnc1C(C)(C)N2. The number of nitrogens with one attached hydrogen (secondary N) is 3. The standard InChI is InChI=1S/C22H22F2N6/c1-5-25-18-15(14-7-12(23)6-13-11(2)9-26-17(13)14)8-16(24)19-20(18)30-10-27-29-21(30)22(3,4)28-19/h6-10,25-26,28H,5H2,1-4H3. The Labute approximate surface area is 172 Å². The highest BCUT2D eigenvalue weighted by atomic mass is 19.1. The Balaban J connectivity index is 1.88. The summed E-state index contributed by atoms with van der Waals surface area (Å²) in [6.45, 7) is 8.33. The third kappa shape index (κ3) is 2.52. The van der Waals surface area contributed by atoms with Crippen LogP contribution in [0.1, 0.15) is 32.2 Å². The van der Waals surface area contributed by atoms with E-state index in [2.05, 4.69) is 25.8 Å². The van der Waals surface area contributed by atoms with Crippen LogP contribution in [0.4, 0.5) is 20.2 Å². The minimum Gasteiger partial charge on any atom is -0.383 e. The minimum atomic E-state index is -0.599. The second-order valence-corrected chi connectivity index (χ2v) is 8.16. The molecule has 154 valence electrons. The first-order chi connectivity index (χ1) is 14.3. The molecule has 0 saturated heterocycles. The van der Waals surface area contributed by atoms with Crippen LogP contribution in [-0.2, 0) is 5.54 Å². The fourth-order valence-electron chi connectivity index (χ4n) is 4.30. The first-order valence-corrected chi connectivity index (χ1v) is 9.89. The molecule has 30 heavy (non-hydrogen) atoms. The van der Waals surface area contributed by atoms with E-state index in [1.165, 1.54) is 18.2 Å². The molecule has 4 aromatic rings. The lowest BCUT2D eigenvalue weighted by Gasteiger charge is -2.35. The zero-order valence-electron chi connectivity index (χ0n) is 17.2. The van der Waals surface area contributed by atoms with Gasteiger partial charge in [-0.2, -0.15) is 0 Å². The number of hydrogen-bond donors (Lipinski definition) is 3. The van der Waals surface area contributed by atoms with E-state index in [0.29, 0.717) is 40.6 Å². The summed E-state index contributed by atoms with van der Waals surface area (Å²) in [5.74, 6) is -0.120. The van der Waals surface area contributed by atoms with Gasteiger partial charge in [-0.05, 0) is 51.5 Å². The summed E-state index contributed by atoms with van der Waals surface area (Å²) in [5.41, 5.74) is 3.90. The zero-order chi connectivity index (χ0) is 21.2. The molecule has 1 aliphatic rings. The molecule has 1 aliphatic heterocycles. The molecule has 2 aromatic carbocycles. The van der Waals surface area contributed by atoms with Crippen LogP contribution in [0.15, 0.2) is 30.7 Å². The van der Waals surface area contributed by atoms with Gasteiger partial charge in [0.15, 0.2) is 5.82 Å². The summed E-state index contributed by atoms with van der Waals surface area (Å²) in [5, 5.41) is 15.7. The molecule has 0 bridgehead atoms. The number of anilines is 2. The van der Waals surface area contributed by atoms with E-state index in [1.54, 1.807) is 10.9 Å². The van der Waals surface area contributed by atoms with Crippen LogP contribution in [0, 0.1) is 18.6 Å². The van der Waals surface area contributed by atoms with Crippen LogP contribution in [0.5, 0.6) is 0 Å². The van der Waals surface area contributed by atoms with E-state index in [0.717, 1.165) is 16.5 Å². The Morgan fingerprint density at radius 2 is 1.97 bits per heavy atom. The molecule has 0 saturated carbocycles. The van der Waals surface area contributed by atoms with E-state index < -0.39 is 11.4 Å². The Bertz CT molecular complexity index is 1300. The number of fused-ring (bicyclic) bond motifs is 4. The number of benzene rings is 2. The quantitative estimate of drug-likeness (QED) is 0.441. The van der Waals surface area contributed by atoms with E-state index in [1.807, 2.05) is 33.9 Å². The van der Waals surface area contributed by atoms with Gasteiger partial charge in [-0.1, -0.05) is 0 Å². The first-order valence-electron chi connectivity index (χ1n) is 9.89. The lowest BCUT2D eigenvalue weighted by Crippen LogP contribution is -2.36. The number of H-pyrrole nitrogens is 1. The lowest BCUT2D eigenvalue weighted by atomic mass is 9.94. The molecule has 6 nitrogen and oxygen atoms in total. The van der Waals surface area contributed by atoms with Crippen LogP contribution in [-0.4, -0.2) is 26.3 Å². The number of rotatable bonds is 3. The van der Waals surface area contributed by atoms with Crippen molar-refractivity contribution in [1.82, 2.24) is 19.7 Å². The Hall–Kier alpha value is -3.42. The summed E-state index contributed by atoms with van der Waals surface area (Å²) in [6.07, 6.45) is 3.41. The zero-order valence-corrected chi connectivity index (χ0v) is 17.2. The van der Waals surface area contributed by atoms with Gasteiger partial charge in [0.25, 0.3) is 0 Å². The number of nitrogens with zero attached hydrogens (tertiary/aromatic N) is 3. The molecule has 0 radical (unpaired) electrons. The van der Waals surface area contributed by atoms with Crippen molar-refractivity contribution in [3.8, 4) is 16.8 Å². The largest absolute Gasteiger partial charge is 0.383 e. The molecular weight excluding hydrogens is 386 g/mol. The molecule has 3 N–H and O–H groups in total. The normalized spacial score (nSPS) is 14.3. The van der Waals surface area contributed by atoms with Crippen molar-refractivity contribution >= 4 is 22.3 Å². The second kappa shape index (κ2) is 6.29. The molecular formula is C22H22F2N6. The fourth-order valence-corrected chi connectivity index (χ4v) is 4.30. The van der Waals surface area contributed by atoms with Crippen LogP contribution in [0.3, 0.4) is 0 Å². The first kappa shape index (κ1) is 18.6. The van der Waals surface area contributed by atoms with Crippen molar-refractivity contribution in [1.29, 1.82) is 0 Å². The van der Waals surface area contributed by atoms with Gasteiger partial charge in [-0.25, -0.2) is 8.78 Å². The topological polar surface area (TPSA) is 70.6 Å². The van der Waals surface area contributed by atoms with Crippen molar-refractivity contribution < 1.29 is 8.78 Å². The van der Waals surface area contributed by atoms with Crippen molar-refractivity contribution in [2.75, 3.05) is 17.2 Å². The van der Waals surface area contributed by atoms with Crippen molar-refractivity contribution in [2.24, 2.45) is 0 Å². The van der Waals surface area contributed by atoms with Gasteiger partial charge < -0.3 is 15.6 Å². The van der Waals surface area contributed by atoms with E-state index in [9.17, 15) is 4.39 Å². The molecule has 3 heterocycles. The van der Waals surface area contributed by atoms with Crippen molar-refractivity contribution in [2.45, 2.75) is 33.2 Å². The maximum Gasteiger partial charge on any atom is 0.162 e. The third-order valence-electron chi connectivity index (χ3n) is 5.64. The number of halogens is 2. The van der Waals surface area contributed by atoms with Crippen molar-refractivity contribution in [3.63, 3.8) is 0 Å². The Morgan fingerprint density at radius 1 is 1.17 bits per heavy atom. The maximum atomic E-state index is 15.4. The molecule has 0 atom stereocenters. The van der Waals surface area contributed by atoms with Gasteiger partial charge in [-0.3, -0.25) is 4.57 Å². The van der Waals surface area contributed by atoms with Gasteiger partial charge in [0.2, 0.25) is 0 Å². The second-order valence-electron chi connectivity index (χ2n) is 8.16. The highest BCUT2D eigenvalue weighted by molar-refractivity contribution is 6.02. The molecule has 0 amide bonds. The number of hydrogen-bond acceptors (Lipinski definition) is 4. The van der Waals surface area contributed by atoms with Crippen LogP contribution in [0.2, 0.25) is 0 Å². The van der Waals surface area contributed by atoms with E-state index in [-0.39, 0.29) is 5.82 Å².